The van der Waals surface area contributed by atoms with Crippen molar-refractivity contribution in [2.75, 3.05) is 0 Å². The second-order valence-electron chi connectivity index (χ2n) is 16.3. The molecule has 0 amide bonds. The van der Waals surface area contributed by atoms with Crippen molar-refractivity contribution in [1.82, 2.24) is 23.9 Å². The molecule has 0 saturated heterocycles. The van der Waals surface area contributed by atoms with Crippen molar-refractivity contribution < 1.29 is 0 Å². The monoisotopic (exact) mass is 707 g/mol. The minimum atomic E-state index is -0.181. The molecule has 0 bridgehead atoms. The van der Waals surface area contributed by atoms with E-state index in [1.807, 2.05) is 0 Å². The maximum Gasteiger partial charge on any atom is 0.168 e. The molecule has 0 aliphatic carbocycles. The van der Waals surface area contributed by atoms with Crippen LogP contribution in [0.3, 0.4) is 0 Å². The second-order valence-corrected chi connectivity index (χ2v) is 16.3. The third-order valence-corrected chi connectivity index (χ3v) is 12.8. The molecule has 5 heterocycles. The van der Waals surface area contributed by atoms with Crippen LogP contribution in [-0.2, 0) is 10.8 Å². The summed E-state index contributed by atoms with van der Waals surface area (Å²) in [6.45, 7) is 9.40. The molecule has 0 N–H and O–H groups in total. The molecule has 0 spiro atoms. The van der Waals surface area contributed by atoms with E-state index in [-0.39, 0.29) is 10.8 Å². The molecule has 12 rings (SSSR count). The maximum atomic E-state index is 5.02. The summed E-state index contributed by atoms with van der Waals surface area (Å²) in [5, 5.41) is 15.2. The van der Waals surface area contributed by atoms with Crippen LogP contribution in [0.5, 0.6) is 0 Å². The van der Waals surface area contributed by atoms with E-state index in [9.17, 15) is 0 Å². The van der Waals surface area contributed by atoms with Crippen molar-refractivity contribution in [2.24, 2.45) is 0 Å². The topological polar surface area (TPSA) is 40.6 Å². The smallest absolute Gasteiger partial charge is 0.168 e. The molecule has 0 unspecified atom stereocenters. The maximum absolute atomic E-state index is 5.02. The first-order chi connectivity index (χ1) is 26.8. The molecule has 0 atom stereocenters. The molecule has 5 heteroatoms. The fourth-order valence-electron chi connectivity index (χ4n) is 10.1. The van der Waals surface area contributed by atoms with Gasteiger partial charge in [-0.05, 0) is 58.7 Å². The van der Waals surface area contributed by atoms with Gasteiger partial charge in [0.15, 0.2) is 11.6 Å². The fraction of sp³-hybridized carbons (Fsp3) is 0.120. The van der Waals surface area contributed by atoms with Gasteiger partial charge >= 0.3 is 0 Å². The number of rotatable bonds is 3. The summed E-state index contributed by atoms with van der Waals surface area (Å²) < 4.78 is 7.18. The third kappa shape index (κ3) is 3.87. The van der Waals surface area contributed by atoms with Gasteiger partial charge in [-0.3, -0.25) is 4.57 Å². The number of hydrogen-bond donors (Lipinski definition) is 0. The summed E-state index contributed by atoms with van der Waals surface area (Å²) in [4.78, 5) is 0. The Morgan fingerprint density at radius 1 is 0.382 bits per heavy atom. The van der Waals surface area contributed by atoms with Crippen molar-refractivity contribution in [2.45, 2.75) is 38.5 Å². The van der Waals surface area contributed by atoms with Gasteiger partial charge in [0.1, 0.15) is 0 Å². The molecule has 2 aliphatic heterocycles. The van der Waals surface area contributed by atoms with Gasteiger partial charge in [-0.2, -0.15) is 0 Å². The second kappa shape index (κ2) is 10.5. The lowest BCUT2D eigenvalue weighted by molar-refractivity contribution is 0.630. The quantitative estimate of drug-likeness (QED) is 0.183. The summed E-state index contributed by atoms with van der Waals surface area (Å²) in [5.74, 6) is 1.62. The molecule has 3 aromatic heterocycles. The van der Waals surface area contributed by atoms with Crippen molar-refractivity contribution in [3.05, 3.63) is 174 Å². The van der Waals surface area contributed by atoms with Crippen LogP contribution >= 0.6 is 0 Å². The van der Waals surface area contributed by atoms with Crippen molar-refractivity contribution in [3.63, 3.8) is 0 Å². The number of aromatic nitrogens is 5. The minimum Gasteiger partial charge on any atom is -0.309 e. The number of nitrogens with zero attached hydrogens (tertiary/aromatic N) is 5. The van der Waals surface area contributed by atoms with Gasteiger partial charge in [0.2, 0.25) is 0 Å². The van der Waals surface area contributed by atoms with Crippen molar-refractivity contribution in [1.29, 1.82) is 0 Å². The zero-order chi connectivity index (χ0) is 36.8. The highest BCUT2D eigenvalue weighted by molar-refractivity contribution is 6.12. The van der Waals surface area contributed by atoms with Crippen LogP contribution in [0.4, 0.5) is 0 Å². The summed E-state index contributed by atoms with van der Waals surface area (Å²) in [6.07, 6.45) is 0. The molecular weight excluding hydrogens is 671 g/mol. The highest BCUT2D eigenvalue weighted by atomic mass is 15.3. The normalized spacial score (nSPS) is 14.8. The molecule has 262 valence electrons. The van der Waals surface area contributed by atoms with E-state index < -0.39 is 0 Å². The Balaban J connectivity index is 1.10. The van der Waals surface area contributed by atoms with E-state index in [4.69, 9.17) is 10.2 Å². The Kier molecular flexibility index (Phi) is 5.85. The molecule has 55 heavy (non-hydrogen) atoms. The molecule has 7 aromatic carbocycles. The third-order valence-electron chi connectivity index (χ3n) is 12.8. The molecular formula is C50H37N5. The predicted octanol–water partition coefficient (Wildman–Crippen LogP) is 12.1. The molecule has 10 aromatic rings. The molecule has 0 fully saturated rings. The number of fused-ring (bicyclic) bond motifs is 10. The first-order valence-corrected chi connectivity index (χ1v) is 19.2. The number of benzene rings is 7. The van der Waals surface area contributed by atoms with Crippen LogP contribution in [-0.4, -0.2) is 23.9 Å². The van der Waals surface area contributed by atoms with Crippen LogP contribution in [0.25, 0.3) is 83.4 Å². The van der Waals surface area contributed by atoms with Crippen LogP contribution < -0.4 is 0 Å². The summed E-state index contributed by atoms with van der Waals surface area (Å²) >= 11 is 0. The van der Waals surface area contributed by atoms with E-state index in [0.29, 0.717) is 0 Å². The largest absolute Gasteiger partial charge is 0.309 e. The first-order valence-electron chi connectivity index (χ1n) is 19.2. The van der Waals surface area contributed by atoms with E-state index >= 15 is 0 Å². The summed E-state index contributed by atoms with van der Waals surface area (Å²) in [5.41, 5.74) is 15.4. The van der Waals surface area contributed by atoms with Gasteiger partial charge in [0.25, 0.3) is 0 Å². The van der Waals surface area contributed by atoms with Crippen molar-refractivity contribution >= 4 is 43.6 Å². The zero-order valence-electron chi connectivity index (χ0n) is 31.2. The van der Waals surface area contributed by atoms with E-state index in [2.05, 4.69) is 193 Å². The SMILES string of the molecule is CC1(C)c2ccc(-c3nnc(-c4ccc5c(c4)-n4c6ccccc6c6cccc(c64)C5(C)C)n3-c3ccccc3)cc2-n2c3ccccc3c3cccc1c32. The standard InChI is InChI=1S/C50H37N5/c1-49(2)37-26-24-30(28-43(37)54-41-22-10-8-16-33(41)35-18-12-20-39(49)45(35)54)47-51-52-48(53(47)32-14-6-5-7-15-32)31-25-27-38-44(29-31)55-42-23-11-9-17-34(42)36-19-13-21-40(46(36)55)50(38,3)4/h5-29H,1-4H3. The van der Waals surface area contributed by atoms with Crippen LogP contribution in [0.1, 0.15) is 49.9 Å². The average Bonchev–Trinajstić information content (AvgIpc) is 3.91. The number of para-hydroxylation sites is 5. The lowest BCUT2D eigenvalue weighted by atomic mass is 9.74. The van der Waals surface area contributed by atoms with E-state index in [1.165, 1.54) is 77.2 Å². The van der Waals surface area contributed by atoms with Gasteiger partial charge in [0.05, 0.1) is 33.4 Å². The highest BCUT2D eigenvalue weighted by Gasteiger charge is 2.37. The van der Waals surface area contributed by atoms with Gasteiger partial charge < -0.3 is 9.13 Å². The van der Waals surface area contributed by atoms with Gasteiger partial charge in [-0.25, -0.2) is 0 Å². The first kappa shape index (κ1) is 30.7. The lowest BCUT2D eigenvalue weighted by Crippen LogP contribution is -2.26. The Labute approximate surface area is 318 Å². The Morgan fingerprint density at radius 2 is 0.818 bits per heavy atom. The van der Waals surface area contributed by atoms with Crippen LogP contribution in [0.2, 0.25) is 0 Å². The zero-order valence-corrected chi connectivity index (χ0v) is 31.2. The van der Waals surface area contributed by atoms with E-state index in [0.717, 1.165) is 28.5 Å². The van der Waals surface area contributed by atoms with Crippen molar-refractivity contribution in [3.8, 4) is 39.8 Å². The Hall–Kier alpha value is -6.72. The fourth-order valence-corrected chi connectivity index (χ4v) is 10.1. The summed E-state index contributed by atoms with van der Waals surface area (Å²) in [6, 6.07) is 55.4. The van der Waals surface area contributed by atoms with Gasteiger partial charge in [0, 0.05) is 49.2 Å². The van der Waals surface area contributed by atoms with Crippen LogP contribution in [0.15, 0.2) is 152 Å². The molecule has 0 radical (unpaired) electrons. The Morgan fingerprint density at radius 3 is 1.31 bits per heavy atom. The predicted molar refractivity (Wildman–Crippen MR) is 225 cm³/mol. The van der Waals surface area contributed by atoms with Crippen LogP contribution in [0, 0.1) is 0 Å². The van der Waals surface area contributed by atoms with E-state index in [1.54, 1.807) is 0 Å². The lowest BCUT2D eigenvalue weighted by Gasteiger charge is -2.35. The average molecular weight is 708 g/mol. The molecule has 2 aliphatic rings. The minimum absolute atomic E-state index is 0.181. The van der Waals surface area contributed by atoms with Gasteiger partial charge in [-0.1, -0.05) is 143 Å². The highest BCUT2D eigenvalue weighted by Crippen LogP contribution is 2.50. The summed E-state index contributed by atoms with van der Waals surface area (Å²) in [7, 11) is 0. The van der Waals surface area contributed by atoms with Gasteiger partial charge in [-0.15, -0.1) is 10.2 Å². The number of hydrogen-bond acceptors (Lipinski definition) is 2. The Bertz CT molecular complexity index is 3060. The molecule has 0 saturated carbocycles. The molecule has 5 nitrogen and oxygen atoms in total.